The number of halogens is 3. The van der Waals surface area contributed by atoms with Crippen LogP contribution in [0.25, 0.3) is 0 Å². The van der Waals surface area contributed by atoms with Crippen LogP contribution in [0.15, 0.2) is 29.2 Å². The summed E-state index contributed by atoms with van der Waals surface area (Å²) in [6.45, 7) is -0.174. The second kappa shape index (κ2) is 5.17. The van der Waals surface area contributed by atoms with Crippen molar-refractivity contribution in [1.29, 1.82) is 0 Å². The van der Waals surface area contributed by atoms with E-state index in [-0.39, 0.29) is 24.2 Å². The number of carbonyl (C=O) groups excluding carboxylic acids is 1. The van der Waals surface area contributed by atoms with Crippen LogP contribution in [-0.4, -0.2) is 22.8 Å². The van der Waals surface area contributed by atoms with Gasteiger partial charge in [-0.1, -0.05) is 0 Å². The fourth-order valence-corrected chi connectivity index (χ4v) is 1.46. The molecule has 0 aliphatic rings. The summed E-state index contributed by atoms with van der Waals surface area (Å²) >= 11 is 0. The summed E-state index contributed by atoms with van der Waals surface area (Å²) in [6, 6.07) is 1.40. The second-order valence-corrected chi connectivity index (χ2v) is 3.67. The fraction of sp³-hybridized carbons (Fsp3) is 0.273. The van der Waals surface area contributed by atoms with Gasteiger partial charge >= 0.3 is 12.1 Å². The van der Waals surface area contributed by atoms with Gasteiger partial charge in [-0.2, -0.15) is 18.3 Å². The number of furan rings is 1. The molecule has 0 radical (unpaired) electrons. The fourth-order valence-electron chi connectivity index (χ4n) is 1.46. The number of ether oxygens (including phenoxy) is 1. The van der Waals surface area contributed by atoms with E-state index in [1.165, 1.54) is 18.6 Å². The van der Waals surface area contributed by atoms with Crippen LogP contribution in [-0.2, 0) is 17.3 Å². The number of aromatic amines is 1. The molecule has 5 nitrogen and oxygen atoms in total. The molecule has 2 rings (SSSR count). The average Bonchev–Trinajstić information content (AvgIpc) is 2.98. The summed E-state index contributed by atoms with van der Waals surface area (Å²) in [7, 11) is 0. The number of esters is 1. The Kier molecular flexibility index (Phi) is 3.59. The molecule has 0 aliphatic carbocycles. The molecular formula is C11H9F3N2O3. The predicted molar refractivity (Wildman–Crippen MR) is 56.3 cm³/mol. The van der Waals surface area contributed by atoms with E-state index < -0.39 is 17.8 Å². The Bertz CT molecular complexity index is 546. The van der Waals surface area contributed by atoms with E-state index in [1.54, 1.807) is 0 Å². The van der Waals surface area contributed by atoms with E-state index in [1.807, 2.05) is 5.10 Å². The molecule has 2 aromatic heterocycles. The van der Waals surface area contributed by atoms with Crippen LogP contribution >= 0.6 is 0 Å². The van der Waals surface area contributed by atoms with Gasteiger partial charge in [0.05, 0.1) is 24.6 Å². The van der Waals surface area contributed by atoms with E-state index in [0.29, 0.717) is 0 Å². The standard InChI is InChI=1S/C11H9F3N2O3/c12-11(13,14)9-7(5-15-16-9)2-4-19-10(17)8-1-3-18-6-8/h1,3,5-6H,2,4H2,(H,15,16). The zero-order chi connectivity index (χ0) is 13.9. The maximum atomic E-state index is 12.5. The highest BCUT2D eigenvalue weighted by molar-refractivity contribution is 5.88. The van der Waals surface area contributed by atoms with Crippen LogP contribution in [0.4, 0.5) is 13.2 Å². The van der Waals surface area contributed by atoms with E-state index in [4.69, 9.17) is 4.74 Å². The van der Waals surface area contributed by atoms with Crippen molar-refractivity contribution < 1.29 is 27.1 Å². The summed E-state index contributed by atoms with van der Waals surface area (Å²) < 4.78 is 47.0. The van der Waals surface area contributed by atoms with Gasteiger partial charge in [0, 0.05) is 12.0 Å². The van der Waals surface area contributed by atoms with Crippen LogP contribution in [0, 0.1) is 0 Å². The third-order valence-electron chi connectivity index (χ3n) is 2.36. The molecular weight excluding hydrogens is 265 g/mol. The highest BCUT2D eigenvalue weighted by Crippen LogP contribution is 2.30. The van der Waals surface area contributed by atoms with Crippen molar-refractivity contribution in [2.45, 2.75) is 12.6 Å². The second-order valence-electron chi connectivity index (χ2n) is 3.67. The lowest BCUT2D eigenvalue weighted by Crippen LogP contribution is -2.12. The molecule has 102 valence electrons. The van der Waals surface area contributed by atoms with Gasteiger partial charge in [0.2, 0.25) is 0 Å². The molecule has 2 aromatic rings. The van der Waals surface area contributed by atoms with Gasteiger partial charge in [-0.05, 0) is 6.07 Å². The molecule has 0 atom stereocenters. The molecule has 0 spiro atoms. The first-order chi connectivity index (χ1) is 8.98. The van der Waals surface area contributed by atoms with Crippen LogP contribution in [0.5, 0.6) is 0 Å². The molecule has 1 N–H and O–H groups in total. The zero-order valence-electron chi connectivity index (χ0n) is 9.53. The summed E-state index contributed by atoms with van der Waals surface area (Å²) in [6.07, 6.45) is -1.01. The van der Waals surface area contributed by atoms with E-state index in [9.17, 15) is 18.0 Å². The molecule has 0 unspecified atom stereocenters. The molecule has 0 fully saturated rings. The summed E-state index contributed by atoms with van der Waals surface area (Å²) in [5, 5.41) is 5.22. The highest BCUT2D eigenvalue weighted by atomic mass is 19.4. The SMILES string of the molecule is O=C(OCCc1cn[nH]c1C(F)(F)F)c1ccoc1. The van der Waals surface area contributed by atoms with Crippen LogP contribution in [0.3, 0.4) is 0 Å². The number of hydrogen-bond acceptors (Lipinski definition) is 4. The Morgan fingerprint density at radius 1 is 1.47 bits per heavy atom. The third kappa shape index (κ3) is 3.15. The van der Waals surface area contributed by atoms with Gasteiger partial charge < -0.3 is 9.15 Å². The van der Waals surface area contributed by atoms with Crippen LogP contribution in [0.2, 0.25) is 0 Å². The van der Waals surface area contributed by atoms with Gasteiger partial charge in [-0.15, -0.1) is 0 Å². The van der Waals surface area contributed by atoms with E-state index >= 15 is 0 Å². The number of rotatable bonds is 4. The minimum atomic E-state index is -4.50. The number of alkyl halides is 3. The molecule has 0 aromatic carbocycles. The van der Waals surface area contributed by atoms with Gasteiger partial charge in [0.15, 0.2) is 0 Å². The largest absolute Gasteiger partial charge is 0.472 e. The quantitative estimate of drug-likeness (QED) is 0.869. The van der Waals surface area contributed by atoms with Crippen molar-refractivity contribution in [3.63, 3.8) is 0 Å². The average molecular weight is 274 g/mol. The number of nitrogens with zero attached hydrogens (tertiary/aromatic N) is 1. The smallest absolute Gasteiger partial charge is 0.433 e. The first-order valence-electron chi connectivity index (χ1n) is 5.27. The lowest BCUT2D eigenvalue weighted by Gasteiger charge is -2.07. The number of nitrogens with one attached hydrogen (secondary N) is 1. The van der Waals surface area contributed by atoms with Crippen molar-refractivity contribution in [3.05, 3.63) is 41.6 Å². The van der Waals surface area contributed by atoms with Crippen molar-refractivity contribution in [2.24, 2.45) is 0 Å². The zero-order valence-corrected chi connectivity index (χ0v) is 9.53. The van der Waals surface area contributed by atoms with Crippen molar-refractivity contribution in [2.75, 3.05) is 6.61 Å². The minimum absolute atomic E-state index is 0.0486. The van der Waals surface area contributed by atoms with Crippen molar-refractivity contribution in [3.8, 4) is 0 Å². The number of aromatic nitrogens is 2. The molecule has 0 saturated heterocycles. The molecule has 0 saturated carbocycles. The Balaban J connectivity index is 1.90. The van der Waals surface area contributed by atoms with E-state index in [2.05, 4.69) is 9.52 Å². The van der Waals surface area contributed by atoms with Crippen molar-refractivity contribution >= 4 is 5.97 Å². The number of carbonyl (C=O) groups is 1. The van der Waals surface area contributed by atoms with Crippen LogP contribution < -0.4 is 0 Å². The molecule has 0 amide bonds. The molecule has 19 heavy (non-hydrogen) atoms. The Hall–Kier alpha value is -2.25. The van der Waals surface area contributed by atoms with Gasteiger partial charge in [0.25, 0.3) is 0 Å². The Morgan fingerprint density at radius 3 is 2.89 bits per heavy atom. The lowest BCUT2D eigenvalue weighted by atomic mass is 10.2. The number of hydrogen-bond donors (Lipinski definition) is 1. The topological polar surface area (TPSA) is 68.1 Å². The Labute approximate surface area is 105 Å². The van der Waals surface area contributed by atoms with E-state index in [0.717, 1.165) is 6.20 Å². The highest BCUT2D eigenvalue weighted by Gasteiger charge is 2.35. The minimum Gasteiger partial charge on any atom is -0.472 e. The molecule has 0 aliphatic heterocycles. The monoisotopic (exact) mass is 274 g/mol. The number of H-pyrrole nitrogens is 1. The van der Waals surface area contributed by atoms with Crippen molar-refractivity contribution in [1.82, 2.24) is 10.2 Å². The summed E-state index contributed by atoms with van der Waals surface area (Å²) in [5.41, 5.74) is -0.761. The molecule has 8 heteroatoms. The summed E-state index contributed by atoms with van der Waals surface area (Å²) in [4.78, 5) is 11.4. The van der Waals surface area contributed by atoms with Gasteiger partial charge in [-0.3, -0.25) is 5.10 Å². The molecule has 0 bridgehead atoms. The Morgan fingerprint density at radius 2 is 2.26 bits per heavy atom. The normalized spacial score (nSPS) is 11.5. The predicted octanol–water partition coefficient (Wildman–Crippen LogP) is 2.42. The molecule has 2 heterocycles. The van der Waals surface area contributed by atoms with Gasteiger partial charge in [0.1, 0.15) is 12.0 Å². The summed E-state index contributed by atoms with van der Waals surface area (Å²) in [5.74, 6) is -0.647. The first kappa shape index (κ1) is 13.2. The van der Waals surface area contributed by atoms with Gasteiger partial charge in [-0.25, -0.2) is 4.79 Å². The maximum absolute atomic E-state index is 12.5. The maximum Gasteiger partial charge on any atom is 0.433 e. The van der Waals surface area contributed by atoms with Crippen LogP contribution in [0.1, 0.15) is 21.6 Å². The lowest BCUT2D eigenvalue weighted by molar-refractivity contribution is -0.141. The first-order valence-corrected chi connectivity index (χ1v) is 5.27. The third-order valence-corrected chi connectivity index (χ3v) is 2.36.